The van der Waals surface area contributed by atoms with E-state index in [0.29, 0.717) is 16.7 Å². The summed E-state index contributed by atoms with van der Waals surface area (Å²) in [5.74, 6) is -0.876. The molecule has 0 bridgehead atoms. The van der Waals surface area contributed by atoms with Gasteiger partial charge in [0.25, 0.3) is 0 Å². The molecule has 0 saturated carbocycles. The normalized spacial score (nSPS) is 14.1. The highest BCUT2D eigenvalue weighted by Gasteiger charge is 2.21. The number of amides is 1. The van der Waals surface area contributed by atoms with Gasteiger partial charge in [-0.3, -0.25) is 4.79 Å². The fourth-order valence-corrected chi connectivity index (χ4v) is 4.83. The molecule has 1 N–H and O–H groups in total. The van der Waals surface area contributed by atoms with Crippen LogP contribution in [0.25, 0.3) is 21.9 Å². The minimum absolute atomic E-state index is 0.0585. The number of carbonyl (C=O) groups is 2. The van der Waals surface area contributed by atoms with Gasteiger partial charge in [0, 0.05) is 40.8 Å². The Morgan fingerprint density at radius 2 is 1.76 bits per heavy atom. The van der Waals surface area contributed by atoms with Crippen molar-refractivity contribution in [1.82, 2.24) is 5.32 Å². The quantitative estimate of drug-likeness (QED) is 0.444. The Bertz CT molecular complexity index is 1460. The molecule has 2 aromatic heterocycles. The first-order chi connectivity index (χ1) is 16.4. The van der Waals surface area contributed by atoms with Crippen molar-refractivity contribution in [3.63, 3.8) is 0 Å². The lowest BCUT2D eigenvalue weighted by Gasteiger charge is -2.20. The van der Waals surface area contributed by atoms with E-state index in [0.717, 1.165) is 53.4 Å². The summed E-state index contributed by atoms with van der Waals surface area (Å²) >= 11 is 0. The molecule has 1 atom stereocenters. The monoisotopic (exact) mass is 458 g/mol. The molecule has 2 aromatic carbocycles. The Balaban J connectivity index is 1.41. The van der Waals surface area contributed by atoms with Crippen LogP contribution in [0.15, 0.2) is 56.1 Å². The molecule has 2 heterocycles. The summed E-state index contributed by atoms with van der Waals surface area (Å²) in [6.45, 7) is 1.85. The van der Waals surface area contributed by atoms with E-state index in [9.17, 15) is 19.5 Å². The molecule has 0 radical (unpaired) electrons. The maximum Gasteiger partial charge on any atom is 0.339 e. The van der Waals surface area contributed by atoms with Crippen molar-refractivity contribution in [3.8, 4) is 0 Å². The van der Waals surface area contributed by atoms with E-state index in [4.69, 9.17) is 8.83 Å². The Morgan fingerprint density at radius 3 is 2.53 bits per heavy atom. The lowest BCUT2D eigenvalue weighted by molar-refractivity contribution is -0.308. The van der Waals surface area contributed by atoms with E-state index in [2.05, 4.69) is 5.32 Å². The molecule has 174 valence electrons. The molecule has 1 aliphatic rings. The number of carboxylic acids is 1. The SMILES string of the molecule is Cc1c(CCC(=O)N[C@@H](C(=O)[O-])c2ccccc2)c(=O)oc2cc3oc4c(c3cc12)CCCC4. The zero-order chi connectivity index (χ0) is 23.8. The molecule has 0 unspecified atom stereocenters. The third kappa shape index (κ3) is 3.98. The van der Waals surface area contributed by atoms with Crippen LogP contribution in [0.3, 0.4) is 0 Å². The van der Waals surface area contributed by atoms with E-state index in [1.54, 1.807) is 36.4 Å². The van der Waals surface area contributed by atoms with Crippen molar-refractivity contribution in [2.45, 2.75) is 51.5 Å². The van der Waals surface area contributed by atoms with E-state index in [-0.39, 0.29) is 12.8 Å². The van der Waals surface area contributed by atoms with Crippen LogP contribution in [0.1, 0.15) is 53.3 Å². The molecule has 5 rings (SSSR count). The van der Waals surface area contributed by atoms with Crippen molar-refractivity contribution in [3.05, 3.63) is 80.9 Å². The molecule has 0 spiro atoms. The van der Waals surface area contributed by atoms with Crippen LogP contribution in [-0.4, -0.2) is 11.9 Å². The number of fused-ring (bicyclic) bond motifs is 4. The summed E-state index contributed by atoms with van der Waals surface area (Å²) in [7, 11) is 0. The second kappa shape index (κ2) is 8.82. The summed E-state index contributed by atoms with van der Waals surface area (Å²) in [6.07, 6.45) is 4.19. The van der Waals surface area contributed by atoms with Gasteiger partial charge >= 0.3 is 5.63 Å². The van der Waals surface area contributed by atoms with Crippen LogP contribution in [0.5, 0.6) is 0 Å². The number of nitrogens with one attached hydrogen (secondary N) is 1. The minimum atomic E-state index is -1.39. The van der Waals surface area contributed by atoms with Gasteiger partial charge < -0.3 is 24.1 Å². The van der Waals surface area contributed by atoms with Gasteiger partial charge in [0.15, 0.2) is 0 Å². The number of aryl methyl sites for hydroxylation is 3. The maximum atomic E-state index is 12.7. The minimum Gasteiger partial charge on any atom is -0.548 e. The molecule has 0 fully saturated rings. The zero-order valence-corrected chi connectivity index (χ0v) is 18.8. The molecule has 0 saturated heterocycles. The highest BCUT2D eigenvalue weighted by molar-refractivity contribution is 5.97. The van der Waals surface area contributed by atoms with Crippen molar-refractivity contribution in [1.29, 1.82) is 0 Å². The third-order valence-electron chi connectivity index (χ3n) is 6.64. The molecule has 7 nitrogen and oxygen atoms in total. The maximum absolute atomic E-state index is 12.7. The fourth-order valence-electron chi connectivity index (χ4n) is 4.83. The van der Waals surface area contributed by atoms with Crippen LogP contribution in [-0.2, 0) is 28.9 Å². The lowest BCUT2D eigenvalue weighted by Crippen LogP contribution is -2.41. The predicted molar refractivity (Wildman–Crippen MR) is 124 cm³/mol. The van der Waals surface area contributed by atoms with E-state index >= 15 is 0 Å². The van der Waals surface area contributed by atoms with Gasteiger partial charge in [-0.05, 0) is 49.8 Å². The highest BCUT2D eigenvalue weighted by Crippen LogP contribution is 2.35. The number of hydrogen-bond acceptors (Lipinski definition) is 6. The number of rotatable bonds is 6. The number of carboxylic acid groups (broad SMARTS) is 1. The van der Waals surface area contributed by atoms with Gasteiger partial charge in [0.05, 0.1) is 12.0 Å². The summed E-state index contributed by atoms with van der Waals surface area (Å²) in [5.41, 5.74) is 3.48. The van der Waals surface area contributed by atoms with Gasteiger partial charge in [-0.2, -0.15) is 0 Å². The van der Waals surface area contributed by atoms with Crippen molar-refractivity contribution in [2.24, 2.45) is 0 Å². The summed E-state index contributed by atoms with van der Waals surface area (Å²) in [6, 6.07) is 10.9. The lowest BCUT2D eigenvalue weighted by atomic mass is 9.94. The number of benzene rings is 2. The van der Waals surface area contributed by atoms with E-state index < -0.39 is 23.5 Å². The smallest absolute Gasteiger partial charge is 0.339 e. The zero-order valence-electron chi connectivity index (χ0n) is 18.8. The Labute approximate surface area is 195 Å². The first-order valence-corrected chi connectivity index (χ1v) is 11.5. The van der Waals surface area contributed by atoms with Crippen LogP contribution in [0, 0.1) is 6.92 Å². The topological polar surface area (TPSA) is 113 Å². The van der Waals surface area contributed by atoms with Gasteiger partial charge in [-0.15, -0.1) is 0 Å². The number of carbonyl (C=O) groups excluding carboxylic acids is 2. The molecular formula is C27H24NO6-. The molecule has 1 aliphatic carbocycles. The molecule has 34 heavy (non-hydrogen) atoms. The van der Waals surface area contributed by atoms with Crippen molar-refractivity contribution in [2.75, 3.05) is 0 Å². The summed E-state index contributed by atoms with van der Waals surface area (Å²) < 4.78 is 11.6. The largest absolute Gasteiger partial charge is 0.548 e. The molecule has 1 amide bonds. The van der Waals surface area contributed by atoms with E-state index in [1.807, 2.05) is 13.0 Å². The second-order valence-electron chi connectivity index (χ2n) is 8.78. The van der Waals surface area contributed by atoms with Crippen LogP contribution in [0.2, 0.25) is 0 Å². The molecule has 4 aromatic rings. The first-order valence-electron chi connectivity index (χ1n) is 11.5. The average Bonchev–Trinajstić information content (AvgIpc) is 3.19. The molecule has 7 heteroatoms. The van der Waals surface area contributed by atoms with Gasteiger partial charge in [0.2, 0.25) is 5.91 Å². The fraction of sp³-hybridized carbons (Fsp3) is 0.296. The standard InChI is InChI=1S/C27H25NO6/c1-15-17(11-12-24(29)28-25(26(30)31)16-7-3-2-4-8-16)27(32)34-22-14-23-20(13-19(15)22)18-9-5-6-10-21(18)33-23/h2-4,7-8,13-14,25H,5-6,9-12H2,1H3,(H,28,29)(H,30,31)/p-1/t25-/m1/s1. The predicted octanol–water partition coefficient (Wildman–Crippen LogP) is 3.27. The summed E-state index contributed by atoms with van der Waals surface area (Å²) in [4.78, 5) is 36.8. The highest BCUT2D eigenvalue weighted by atomic mass is 16.4. The Hall–Kier alpha value is -3.87. The van der Waals surface area contributed by atoms with Crippen molar-refractivity contribution < 1.29 is 23.5 Å². The van der Waals surface area contributed by atoms with Crippen LogP contribution in [0.4, 0.5) is 0 Å². The number of furan rings is 1. The Morgan fingerprint density at radius 1 is 1.03 bits per heavy atom. The molecule has 0 aliphatic heterocycles. The second-order valence-corrected chi connectivity index (χ2v) is 8.78. The Kier molecular flexibility index (Phi) is 5.69. The van der Waals surface area contributed by atoms with Gasteiger partial charge in [-0.1, -0.05) is 30.3 Å². The van der Waals surface area contributed by atoms with Crippen LogP contribution >= 0.6 is 0 Å². The van der Waals surface area contributed by atoms with Gasteiger partial charge in [0.1, 0.15) is 16.9 Å². The first kappa shape index (κ1) is 21.9. The molecular weight excluding hydrogens is 434 g/mol. The average molecular weight is 458 g/mol. The number of hydrogen-bond donors (Lipinski definition) is 1. The van der Waals surface area contributed by atoms with Crippen molar-refractivity contribution >= 4 is 33.8 Å². The number of aliphatic carboxylic acids is 1. The summed E-state index contributed by atoms with van der Waals surface area (Å²) in [5, 5.41) is 15.9. The van der Waals surface area contributed by atoms with Gasteiger partial charge in [-0.25, -0.2) is 4.79 Å². The van der Waals surface area contributed by atoms with Crippen LogP contribution < -0.4 is 16.0 Å². The van der Waals surface area contributed by atoms with E-state index in [1.165, 1.54) is 5.56 Å². The third-order valence-corrected chi connectivity index (χ3v) is 6.64.